The molecule has 1 aromatic carbocycles. The third kappa shape index (κ3) is 4.44. The lowest BCUT2D eigenvalue weighted by Gasteiger charge is -2.15. The molecular weight excluding hydrogens is 260 g/mol. The zero-order valence-corrected chi connectivity index (χ0v) is 12.6. The van der Waals surface area contributed by atoms with E-state index < -0.39 is 0 Å². The summed E-state index contributed by atoms with van der Waals surface area (Å²) < 4.78 is 10.5. The standard InChI is InChI=1S/C14H20N2O2S/c1-9(2)8-15-14(19)16-11-7-13(18-5)12(17-4)6-10(11)3/h6-7H,1,8H2,2-5H3,(H2,15,16,19). The molecule has 0 aliphatic carbocycles. The molecule has 0 saturated carbocycles. The molecular formula is C14H20N2O2S. The average molecular weight is 280 g/mol. The van der Waals surface area contributed by atoms with Crippen molar-refractivity contribution in [3.63, 3.8) is 0 Å². The number of rotatable bonds is 5. The first-order valence-corrected chi connectivity index (χ1v) is 6.30. The first kappa shape index (κ1) is 15.3. The van der Waals surface area contributed by atoms with E-state index in [2.05, 4.69) is 17.2 Å². The summed E-state index contributed by atoms with van der Waals surface area (Å²) in [6.45, 7) is 8.39. The number of aryl methyl sites for hydroxylation is 1. The second kappa shape index (κ2) is 6.99. The maximum absolute atomic E-state index is 5.27. The molecule has 2 N–H and O–H groups in total. The lowest BCUT2D eigenvalue weighted by molar-refractivity contribution is 0.355. The Hall–Kier alpha value is -1.75. The monoisotopic (exact) mass is 280 g/mol. The van der Waals surface area contributed by atoms with Crippen molar-refractivity contribution < 1.29 is 9.47 Å². The number of hydrogen-bond donors (Lipinski definition) is 2. The number of methoxy groups -OCH3 is 2. The predicted octanol–water partition coefficient (Wildman–Crippen LogP) is 2.87. The Labute approximate surface area is 119 Å². The van der Waals surface area contributed by atoms with Crippen molar-refractivity contribution in [2.45, 2.75) is 13.8 Å². The van der Waals surface area contributed by atoms with Crippen LogP contribution >= 0.6 is 12.2 Å². The molecule has 0 bridgehead atoms. The Morgan fingerprint density at radius 3 is 2.37 bits per heavy atom. The van der Waals surface area contributed by atoms with Crippen molar-refractivity contribution in [3.05, 3.63) is 29.8 Å². The average Bonchev–Trinajstić information content (AvgIpc) is 2.38. The summed E-state index contributed by atoms with van der Waals surface area (Å²) >= 11 is 5.22. The molecule has 0 atom stereocenters. The normalized spacial score (nSPS) is 9.68. The van der Waals surface area contributed by atoms with Crippen molar-refractivity contribution in [2.24, 2.45) is 0 Å². The van der Waals surface area contributed by atoms with Crippen LogP contribution in [-0.4, -0.2) is 25.9 Å². The molecule has 4 nitrogen and oxygen atoms in total. The van der Waals surface area contributed by atoms with Gasteiger partial charge in [-0.3, -0.25) is 0 Å². The Morgan fingerprint density at radius 2 is 1.84 bits per heavy atom. The van der Waals surface area contributed by atoms with Crippen LogP contribution in [0.1, 0.15) is 12.5 Å². The largest absolute Gasteiger partial charge is 0.493 e. The minimum absolute atomic E-state index is 0.554. The summed E-state index contributed by atoms with van der Waals surface area (Å²) in [5, 5.41) is 6.76. The fourth-order valence-electron chi connectivity index (χ4n) is 1.51. The van der Waals surface area contributed by atoms with E-state index in [-0.39, 0.29) is 0 Å². The molecule has 104 valence electrons. The third-order valence-electron chi connectivity index (χ3n) is 2.53. The highest BCUT2D eigenvalue weighted by molar-refractivity contribution is 7.80. The number of benzene rings is 1. The summed E-state index contributed by atoms with van der Waals surface area (Å²) in [4.78, 5) is 0. The van der Waals surface area contributed by atoms with Crippen LogP contribution in [0, 0.1) is 6.92 Å². The third-order valence-corrected chi connectivity index (χ3v) is 2.78. The van der Waals surface area contributed by atoms with E-state index in [0.29, 0.717) is 23.2 Å². The van der Waals surface area contributed by atoms with Gasteiger partial charge in [-0.1, -0.05) is 12.2 Å². The lowest BCUT2D eigenvalue weighted by atomic mass is 10.1. The Kier molecular flexibility index (Phi) is 5.63. The molecule has 0 saturated heterocycles. The quantitative estimate of drug-likeness (QED) is 0.641. The van der Waals surface area contributed by atoms with Gasteiger partial charge in [-0.15, -0.1) is 0 Å². The SMILES string of the molecule is C=C(C)CNC(=S)Nc1cc(OC)c(OC)cc1C. The van der Waals surface area contributed by atoms with Crippen LogP contribution in [0.3, 0.4) is 0 Å². The van der Waals surface area contributed by atoms with Crippen molar-refractivity contribution in [1.82, 2.24) is 5.32 Å². The van der Waals surface area contributed by atoms with Gasteiger partial charge >= 0.3 is 0 Å². The molecule has 19 heavy (non-hydrogen) atoms. The molecule has 5 heteroatoms. The van der Waals surface area contributed by atoms with Gasteiger partial charge in [0.25, 0.3) is 0 Å². The van der Waals surface area contributed by atoms with Gasteiger partial charge in [0, 0.05) is 18.3 Å². The second-order valence-corrected chi connectivity index (χ2v) is 4.70. The van der Waals surface area contributed by atoms with E-state index in [1.165, 1.54) is 0 Å². The van der Waals surface area contributed by atoms with Gasteiger partial charge in [-0.05, 0) is 37.7 Å². The fourth-order valence-corrected chi connectivity index (χ4v) is 1.70. The first-order chi connectivity index (χ1) is 8.97. The molecule has 1 rings (SSSR count). The molecule has 0 aromatic heterocycles. The van der Waals surface area contributed by atoms with Crippen LogP contribution in [-0.2, 0) is 0 Å². The molecule has 0 amide bonds. The fraction of sp³-hybridized carbons (Fsp3) is 0.357. The van der Waals surface area contributed by atoms with Crippen LogP contribution in [0.2, 0.25) is 0 Å². The number of ether oxygens (including phenoxy) is 2. The van der Waals surface area contributed by atoms with Gasteiger partial charge in [0.15, 0.2) is 16.6 Å². The van der Waals surface area contributed by atoms with Gasteiger partial charge in [-0.25, -0.2) is 0 Å². The molecule has 0 radical (unpaired) electrons. The summed E-state index contributed by atoms with van der Waals surface area (Å²) in [7, 11) is 3.22. The van der Waals surface area contributed by atoms with Crippen LogP contribution in [0.25, 0.3) is 0 Å². The molecule has 0 aliphatic heterocycles. The molecule has 0 unspecified atom stereocenters. The van der Waals surface area contributed by atoms with E-state index in [1.54, 1.807) is 14.2 Å². The van der Waals surface area contributed by atoms with E-state index in [9.17, 15) is 0 Å². The summed E-state index contributed by atoms with van der Waals surface area (Å²) in [5.41, 5.74) is 2.93. The highest BCUT2D eigenvalue weighted by atomic mass is 32.1. The van der Waals surface area contributed by atoms with Crippen molar-refractivity contribution in [2.75, 3.05) is 26.1 Å². The maximum Gasteiger partial charge on any atom is 0.171 e. The number of anilines is 1. The highest BCUT2D eigenvalue weighted by Gasteiger charge is 2.09. The van der Waals surface area contributed by atoms with Crippen LogP contribution in [0.5, 0.6) is 11.5 Å². The summed E-state index contributed by atoms with van der Waals surface area (Å²) in [5.74, 6) is 1.37. The van der Waals surface area contributed by atoms with Crippen molar-refractivity contribution in [1.29, 1.82) is 0 Å². The van der Waals surface area contributed by atoms with Crippen LogP contribution in [0.15, 0.2) is 24.3 Å². The highest BCUT2D eigenvalue weighted by Crippen LogP contribution is 2.32. The topological polar surface area (TPSA) is 42.5 Å². The minimum Gasteiger partial charge on any atom is -0.493 e. The first-order valence-electron chi connectivity index (χ1n) is 5.89. The minimum atomic E-state index is 0.554. The molecule has 0 spiro atoms. The Morgan fingerprint density at radius 1 is 1.26 bits per heavy atom. The molecule has 0 fully saturated rings. The van der Waals surface area contributed by atoms with Crippen molar-refractivity contribution >= 4 is 23.0 Å². The van der Waals surface area contributed by atoms with Crippen LogP contribution in [0.4, 0.5) is 5.69 Å². The zero-order chi connectivity index (χ0) is 14.4. The number of hydrogen-bond acceptors (Lipinski definition) is 3. The van der Waals surface area contributed by atoms with Gasteiger partial charge in [0.1, 0.15) is 0 Å². The Balaban J connectivity index is 2.83. The van der Waals surface area contributed by atoms with Crippen molar-refractivity contribution in [3.8, 4) is 11.5 Å². The number of thiocarbonyl (C=S) groups is 1. The van der Waals surface area contributed by atoms with E-state index in [4.69, 9.17) is 21.7 Å². The van der Waals surface area contributed by atoms with Gasteiger partial charge in [0.2, 0.25) is 0 Å². The summed E-state index contributed by atoms with van der Waals surface area (Å²) in [6.07, 6.45) is 0. The second-order valence-electron chi connectivity index (χ2n) is 4.29. The molecule has 1 aromatic rings. The molecule has 0 heterocycles. The van der Waals surface area contributed by atoms with Gasteiger partial charge in [0.05, 0.1) is 14.2 Å². The predicted molar refractivity (Wildman–Crippen MR) is 83.3 cm³/mol. The molecule has 0 aliphatic rings. The smallest absolute Gasteiger partial charge is 0.171 e. The maximum atomic E-state index is 5.27. The van der Waals surface area contributed by atoms with Gasteiger partial charge in [-0.2, -0.15) is 0 Å². The summed E-state index contributed by atoms with van der Waals surface area (Å²) in [6, 6.07) is 3.77. The zero-order valence-electron chi connectivity index (χ0n) is 11.8. The Bertz CT molecular complexity index is 487. The van der Waals surface area contributed by atoms with E-state index >= 15 is 0 Å². The lowest BCUT2D eigenvalue weighted by Crippen LogP contribution is -2.29. The van der Waals surface area contributed by atoms with E-state index in [1.807, 2.05) is 26.0 Å². The van der Waals surface area contributed by atoms with E-state index in [0.717, 1.165) is 16.8 Å². The number of nitrogens with one attached hydrogen (secondary N) is 2. The van der Waals surface area contributed by atoms with Gasteiger partial charge < -0.3 is 20.1 Å². The van der Waals surface area contributed by atoms with Crippen LogP contribution < -0.4 is 20.1 Å².